The van der Waals surface area contributed by atoms with E-state index in [-0.39, 0.29) is 35.4 Å². The summed E-state index contributed by atoms with van der Waals surface area (Å²) in [6.07, 6.45) is 2.67. The Morgan fingerprint density at radius 3 is 2.81 bits per heavy atom. The fourth-order valence-electron chi connectivity index (χ4n) is 3.79. The minimum absolute atomic E-state index is 0.00908. The van der Waals surface area contributed by atoms with Gasteiger partial charge in [-0.1, -0.05) is 29.4 Å². The minimum Gasteiger partial charge on any atom is -0.462 e. The maximum absolute atomic E-state index is 14.0. The lowest BCUT2D eigenvalue weighted by atomic mass is 10.1. The molecule has 2 N–H and O–H groups in total. The Labute approximate surface area is 219 Å². The second-order valence-electron chi connectivity index (χ2n) is 7.86. The topological polar surface area (TPSA) is 115 Å². The van der Waals surface area contributed by atoms with Crippen molar-refractivity contribution in [1.82, 2.24) is 20.1 Å². The number of ether oxygens (including phenoxy) is 1. The molecular weight excluding hydrogens is 529 g/mol. The van der Waals surface area contributed by atoms with Crippen molar-refractivity contribution in [3.05, 3.63) is 56.4 Å². The molecular formula is C23H23ClFN5O4S2. The maximum atomic E-state index is 14.0. The average Bonchev–Trinajstić information content (AvgIpc) is 3.51. The number of hydrogen-bond donors (Lipinski definition) is 2. The molecule has 1 aromatic carbocycles. The number of rotatable bonds is 9. The Morgan fingerprint density at radius 2 is 2.06 bits per heavy atom. The molecule has 0 fully saturated rings. The van der Waals surface area contributed by atoms with Crippen LogP contribution in [0.4, 0.5) is 9.39 Å². The van der Waals surface area contributed by atoms with Crippen molar-refractivity contribution in [2.45, 2.75) is 37.9 Å². The van der Waals surface area contributed by atoms with Gasteiger partial charge in [-0.3, -0.25) is 9.59 Å². The Bertz CT molecular complexity index is 1310. The summed E-state index contributed by atoms with van der Waals surface area (Å²) >= 11 is 8.51. The first kappa shape index (κ1) is 26.1. The monoisotopic (exact) mass is 551 g/mol. The second kappa shape index (κ2) is 11.4. The number of thioether (sulfide) groups is 1. The van der Waals surface area contributed by atoms with Gasteiger partial charge < -0.3 is 19.9 Å². The van der Waals surface area contributed by atoms with Gasteiger partial charge in [-0.05, 0) is 43.9 Å². The molecule has 2 amide bonds. The van der Waals surface area contributed by atoms with E-state index in [2.05, 4.69) is 20.8 Å². The highest BCUT2D eigenvalue weighted by Gasteiger charge is 2.28. The lowest BCUT2D eigenvalue weighted by Gasteiger charge is -2.09. The molecule has 2 aromatic heterocycles. The number of fused-ring (bicyclic) bond motifs is 1. The van der Waals surface area contributed by atoms with Crippen LogP contribution in [0.1, 0.15) is 50.3 Å². The summed E-state index contributed by atoms with van der Waals surface area (Å²) in [7, 11) is 1.69. The summed E-state index contributed by atoms with van der Waals surface area (Å²) in [4.78, 5) is 38.6. The van der Waals surface area contributed by atoms with Crippen molar-refractivity contribution in [2.24, 2.45) is 7.05 Å². The second-order valence-corrected chi connectivity index (χ2v) is 10.3. The van der Waals surface area contributed by atoms with Gasteiger partial charge in [0.2, 0.25) is 5.91 Å². The molecule has 0 unspecified atom stereocenters. The first-order valence-corrected chi connectivity index (χ1v) is 13.3. The Morgan fingerprint density at radius 1 is 1.25 bits per heavy atom. The summed E-state index contributed by atoms with van der Waals surface area (Å²) in [5.41, 5.74) is 1.19. The summed E-state index contributed by atoms with van der Waals surface area (Å²) in [5, 5.41) is 14.5. The molecule has 4 rings (SSSR count). The number of benzene rings is 1. The molecule has 190 valence electrons. The van der Waals surface area contributed by atoms with E-state index in [4.69, 9.17) is 16.3 Å². The summed E-state index contributed by atoms with van der Waals surface area (Å²) in [6, 6.07) is 4.00. The lowest BCUT2D eigenvalue weighted by Crippen LogP contribution is -2.25. The van der Waals surface area contributed by atoms with E-state index >= 15 is 0 Å². The van der Waals surface area contributed by atoms with Gasteiger partial charge in [0.25, 0.3) is 5.91 Å². The van der Waals surface area contributed by atoms with E-state index < -0.39 is 17.7 Å². The molecule has 0 saturated carbocycles. The number of thiophene rings is 1. The van der Waals surface area contributed by atoms with Crippen molar-refractivity contribution in [3.63, 3.8) is 0 Å². The summed E-state index contributed by atoms with van der Waals surface area (Å²) in [5.74, 6) is -1.65. The summed E-state index contributed by atoms with van der Waals surface area (Å²) < 4.78 is 20.8. The SMILES string of the molecule is CCOC(=O)c1c(NC(=O)CSc2nnc(CNC(=O)c3c(F)cccc3Cl)n2C)sc2c1CCC2. The van der Waals surface area contributed by atoms with Gasteiger partial charge in [-0.15, -0.1) is 21.5 Å². The molecule has 0 radical (unpaired) electrons. The lowest BCUT2D eigenvalue weighted by molar-refractivity contribution is -0.113. The van der Waals surface area contributed by atoms with Crippen LogP contribution < -0.4 is 10.6 Å². The Hall–Kier alpha value is -2.96. The molecule has 1 aliphatic carbocycles. The Kier molecular flexibility index (Phi) is 8.27. The van der Waals surface area contributed by atoms with Crippen LogP contribution in [0.5, 0.6) is 0 Å². The Balaban J connectivity index is 1.35. The van der Waals surface area contributed by atoms with E-state index in [0.29, 0.717) is 21.5 Å². The molecule has 2 heterocycles. The zero-order valence-corrected chi connectivity index (χ0v) is 21.9. The van der Waals surface area contributed by atoms with Crippen LogP contribution in [0.2, 0.25) is 5.02 Å². The number of anilines is 1. The largest absolute Gasteiger partial charge is 0.462 e. The number of aryl methyl sites for hydroxylation is 1. The molecule has 9 nitrogen and oxygen atoms in total. The number of esters is 1. The zero-order valence-electron chi connectivity index (χ0n) is 19.5. The van der Waals surface area contributed by atoms with E-state index in [1.807, 2.05) is 0 Å². The molecule has 1 aliphatic rings. The molecule has 3 aromatic rings. The molecule has 0 aliphatic heterocycles. The number of halogens is 2. The third kappa shape index (κ3) is 5.55. The van der Waals surface area contributed by atoms with Crippen LogP contribution in [0.25, 0.3) is 0 Å². The number of hydrogen-bond acceptors (Lipinski definition) is 8. The predicted octanol–water partition coefficient (Wildman–Crippen LogP) is 4.00. The van der Waals surface area contributed by atoms with Crippen molar-refractivity contribution in [3.8, 4) is 0 Å². The van der Waals surface area contributed by atoms with E-state index in [1.165, 1.54) is 23.5 Å². The van der Waals surface area contributed by atoms with Gasteiger partial charge in [0.1, 0.15) is 10.8 Å². The maximum Gasteiger partial charge on any atom is 0.341 e. The number of nitrogens with zero attached hydrogens (tertiary/aromatic N) is 3. The standard InChI is InChI=1S/C23H23ClFN5O4S2/c1-3-34-22(33)18-12-6-4-9-15(12)36-21(18)27-17(31)11-35-23-29-28-16(30(23)2)10-26-20(32)19-13(24)7-5-8-14(19)25/h5,7-8H,3-4,6,9-11H2,1-2H3,(H,26,32)(H,27,31). The third-order valence-corrected chi connectivity index (χ3v) is 8.05. The van der Waals surface area contributed by atoms with Gasteiger partial charge in [0, 0.05) is 11.9 Å². The van der Waals surface area contributed by atoms with Crippen LogP contribution in [-0.4, -0.2) is 44.9 Å². The number of nitrogens with one attached hydrogen (secondary N) is 2. The quantitative estimate of drug-likeness (QED) is 0.305. The number of aromatic nitrogens is 3. The summed E-state index contributed by atoms with van der Waals surface area (Å²) in [6.45, 7) is 1.99. The highest BCUT2D eigenvalue weighted by Crippen LogP contribution is 2.39. The van der Waals surface area contributed by atoms with Crippen LogP contribution in [0, 0.1) is 5.82 Å². The molecule has 0 bridgehead atoms. The first-order valence-electron chi connectivity index (χ1n) is 11.1. The average molecular weight is 552 g/mol. The normalized spacial score (nSPS) is 12.3. The van der Waals surface area contributed by atoms with E-state index in [1.54, 1.807) is 18.5 Å². The van der Waals surface area contributed by atoms with Gasteiger partial charge in [-0.2, -0.15) is 0 Å². The van der Waals surface area contributed by atoms with Crippen LogP contribution in [0.3, 0.4) is 0 Å². The molecule has 13 heteroatoms. The molecule has 36 heavy (non-hydrogen) atoms. The minimum atomic E-state index is -0.720. The van der Waals surface area contributed by atoms with E-state index in [0.717, 1.165) is 47.5 Å². The van der Waals surface area contributed by atoms with Crippen LogP contribution in [-0.2, 0) is 36.0 Å². The molecule has 0 saturated heterocycles. The number of amides is 2. The van der Waals surface area contributed by atoms with Crippen LogP contribution in [0.15, 0.2) is 23.4 Å². The van der Waals surface area contributed by atoms with E-state index in [9.17, 15) is 18.8 Å². The number of carbonyl (C=O) groups is 3. The molecule has 0 atom stereocenters. The van der Waals surface area contributed by atoms with Gasteiger partial charge in [0.05, 0.1) is 35.1 Å². The molecule has 0 spiro atoms. The third-order valence-electron chi connectivity index (χ3n) is 5.51. The fourth-order valence-corrected chi connectivity index (χ4v) is 6.06. The van der Waals surface area contributed by atoms with Crippen molar-refractivity contribution >= 4 is 57.5 Å². The number of carbonyl (C=O) groups excluding carboxylic acids is 3. The first-order chi connectivity index (χ1) is 17.3. The predicted molar refractivity (Wildman–Crippen MR) is 135 cm³/mol. The van der Waals surface area contributed by atoms with Crippen molar-refractivity contribution < 1.29 is 23.5 Å². The van der Waals surface area contributed by atoms with Crippen LogP contribution >= 0.6 is 34.7 Å². The zero-order chi connectivity index (χ0) is 25.8. The van der Waals surface area contributed by atoms with Gasteiger partial charge in [-0.25, -0.2) is 9.18 Å². The van der Waals surface area contributed by atoms with Gasteiger partial charge >= 0.3 is 5.97 Å². The smallest absolute Gasteiger partial charge is 0.341 e. The van der Waals surface area contributed by atoms with Crippen molar-refractivity contribution in [1.29, 1.82) is 0 Å². The fraction of sp³-hybridized carbons (Fsp3) is 0.348. The highest BCUT2D eigenvalue weighted by molar-refractivity contribution is 7.99. The van der Waals surface area contributed by atoms with Gasteiger partial charge in [0.15, 0.2) is 11.0 Å². The van der Waals surface area contributed by atoms with Crippen molar-refractivity contribution in [2.75, 3.05) is 17.7 Å². The highest BCUT2D eigenvalue weighted by atomic mass is 35.5.